The summed E-state index contributed by atoms with van der Waals surface area (Å²) >= 11 is 0. The standard InChI is InChI=1S/C22H23N3O3/c1-2-20(28-19-6-4-18(5-7-19)25-11-9-23-15-25)14-24(10-1)13-17-3-8-21-22(12-17)27-16-26-21/h3-9,11-12,15,20H,1-2,10,13-14,16H2/p+1/t20-/m0/s1. The highest BCUT2D eigenvalue weighted by molar-refractivity contribution is 5.44. The van der Waals surface area contributed by atoms with Gasteiger partial charge >= 0.3 is 0 Å². The Morgan fingerprint density at radius 1 is 1.11 bits per heavy atom. The van der Waals surface area contributed by atoms with Crippen molar-refractivity contribution in [2.75, 3.05) is 19.9 Å². The third-order valence-corrected chi connectivity index (χ3v) is 5.29. The SMILES string of the molecule is c1c[n+](-c2ccc(O[C@H]3CCCN(Cc4ccc5c(c4)OCO5)C3)cc2)c[nH]1. The third-order valence-electron chi connectivity index (χ3n) is 5.29. The molecule has 28 heavy (non-hydrogen) atoms. The summed E-state index contributed by atoms with van der Waals surface area (Å²) in [6.45, 7) is 3.25. The van der Waals surface area contributed by atoms with Crippen molar-refractivity contribution in [2.45, 2.75) is 25.5 Å². The van der Waals surface area contributed by atoms with E-state index in [9.17, 15) is 0 Å². The number of hydrogen-bond acceptors (Lipinski definition) is 4. The van der Waals surface area contributed by atoms with Gasteiger partial charge in [-0.25, -0.2) is 9.55 Å². The van der Waals surface area contributed by atoms with E-state index in [0.29, 0.717) is 6.79 Å². The van der Waals surface area contributed by atoms with Crippen LogP contribution in [0.3, 0.4) is 0 Å². The summed E-state index contributed by atoms with van der Waals surface area (Å²) in [5.74, 6) is 2.61. The molecule has 1 atom stereocenters. The zero-order valence-electron chi connectivity index (χ0n) is 15.7. The van der Waals surface area contributed by atoms with E-state index in [4.69, 9.17) is 14.2 Å². The molecule has 0 radical (unpaired) electrons. The summed E-state index contributed by atoms with van der Waals surface area (Å²) in [5.41, 5.74) is 2.36. The van der Waals surface area contributed by atoms with E-state index in [1.54, 1.807) is 0 Å². The first-order chi connectivity index (χ1) is 13.8. The summed E-state index contributed by atoms with van der Waals surface area (Å²) < 4.78 is 19.2. The highest BCUT2D eigenvalue weighted by Gasteiger charge is 2.22. The molecule has 6 nitrogen and oxygen atoms in total. The van der Waals surface area contributed by atoms with Gasteiger partial charge in [0.25, 0.3) is 0 Å². The summed E-state index contributed by atoms with van der Waals surface area (Å²) in [6.07, 6.45) is 8.27. The first-order valence-corrected chi connectivity index (χ1v) is 9.75. The van der Waals surface area contributed by atoms with E-state index in [1.165, 1.54) is 5.56 Å². The van der Waals surface area contributed by atoms with Crippen LogP contribution in [0.4, 0.5) is 0 Å². The molecule has 0 unspecified atom stereocenters. The maximum atomic E-state index is 6.27. The minimum atomic E-state index is 0.216. The van der Waals surface area contributed by atoms with Crippen molar-refractivity contribution in [1.82, 2.24) is 9.88 Å². The van der Waals surface area contributed by atoms with E-state index in [1.807, 2.05) is 41.5 Å². The number of hydrogen-bond donors (Lipinski definition) is 1. The monoisotopic (exact) mass is 378 g/mol. The van der Waals surface area contributed by atoms with Gasteiger partial charge in [-0.05, 0) is 61.3 Å². The van der Waals surface area contributed by atoms with Crippen LogP contribution in [0, 0.1) is 0 Å². The number of aromatic amines is 1. The van der Waals surface area contributed by atoms with Crippen molar-refractivity contribution in [3.05, 3.63) is 66.7 Å². The van der Waals surface area contributed by atoms with Gasteiger partial charge in [-0.15, -0.1) is 0 Å². The lowest BCUT2D eigenvalue weighted by atomic mass is 10.1. The number of ether oxygens (including phenoxy) is 3. The molecular weight excluding hydrogens is 354 g/mol. The molecule has 3 aromatic rings. The predicted molar refractivity (Wildman–Crippen MR) is 104 cm³/mol. The minimum absolute atomic E-state index is 0.216. The lowest BCUT2D eigenvalue weighted by molar-refractivity contribution is -0.594. The van der Waals surface area contributed by atoms with Crippen molar-refractivity contribution in [1.29, 1.82) is 0 Å². The second-order valence-electron chi connectivity index (χ2n) is 7.32. The zero-order valence-corrected chi connectivity index (χ0v) is 15.7. The lowest BCUT2D eigenvalue weighted by Crippen LogP contribution is -2.40. The molecule has 1 saturated heterocycles. The number of H-pyrrole nitrogens is 1. The Balaban J connectivity index is 1.20. The quantitative estimate of drug-likeness (QED) is 0.694. The minimum Gasteiger partial charge on any atom is -0.489 e. The van der Waals surface area contributed by atoms with Crippen LogP contribution in [-0.4, -0.2) is 35.9 Å². The first-order valence-electron chi connectivity index (χ1n) is 9.75. The molecule has 1 N–H and O–H groups in total. The van der Waals surface area contributed by atoms with E-state index in [2.05, 4.69) is 34.1 Å². The molecular formula is C22H24N3O3+. The molecule has 1 fully saturated rings. The molecule has 2 aromatic carbocycles. The average Bonchev–Trinajstić information content (AvgIpc) is 3.41. The van der Waals surface area contributed by atoms with Crippen molar-refractivity contribution in [3.8, 4) is 22.9 Å². The van der Waals surface area contributed by atoms with E-state index < -0.39 is 0 Å². The van der Waals surface area contributed by atoms with Gasteiger partial charge in [-0.1, -0.05) is 6.07 Å². The lowest BCUT2D eigenvalue weighted by Gasteiger charge is -2.33. The zero-order chi connectivity index (χ0) is 18.8. The molecule has 3 heterocycles. The summed E-state index contributed by atoms with van der Waals surface area (Å²) in [5, 5.41) is 0. The smallest absolute Gasteiger partial charge is 0.246 e. The van der Waals surface area contributed by atoms with Crippen molar-refractivity contribution in [2.24, 2.45) is 0 Å². The molecule has 144 valence electrons. The summed E-state index contributed by atoms with van der Waals surface area (Å²) in [6, 6.07) is 14.5. The van der Waals surface area contributed by atoms with E-state index >= 15 is 0 Å². The Kier molecular flexibility index (Phi) is 4.62. The van der Waals surface area contributed by atoms with Gasteiger partial charge < -0.3 is 14.2 Å². The number of aromatic nitrogens is 2. The number of likely N-dealkylation sites (tertiary alicyclic amines) is 1. The van der Waals surface area contributed by atoms with Crippen LogP contribution < -0.4 is 18.8 Å². The molecule has 0 spiro atoms. The van der Waals surface area contributed by atoms with Gasteiger partial charge in [0, 0.05) is 13.1 Å². The maximum Gasteiger partial charge on any atom is 0.246 e. The van der Waals surface area contributed by atoms with Crippen LogP contribution >= 0.6 is 0 Å². The fourth-order valence-electron chi connectivity index (χ4n) is 3.89. The topological polar surface area (TPSA) is 50.6 Å². The van der Waals surface area contributed by atoms with E-state index in [-0.39, 0.29) is 6.10 Å². The largest absolute Gasteiger partial charge is 0.489 e. The molecule has 6 heteroatoms. The van der Waals surface area contributed by atoms with Crippen molar-refractivity contribution in [3.63, 3.8) is 0 Å². The number of piperidine rings is 1. The second-order valence-corrected chi connectivity index (χ2v) is 7.32. The number of fused-ring (bicyclic) bond motifs is 1. The molecule has 2 aliphatic heterocycles. The van der Waals surface area contributed by atoms with Gasteiger partial charge in [-0.3, -0.25) is 4.90 Å². The summed E-state index contributed by atoms with van der Waals surface area (Å²) in [4.78, 5) is 5.51. The molecule has 0 bridgehead atoms. The van der Waals surface area contributed by atoms with Crippen molar-refractivity contribution >= 4 is 0 Å². The number of rotatable bonds is 5. The number of nitrogens with zero attached hydrogens (tertiary/aromatic N) is 2. The normalized spacial score (nSPS) is 18.9. The van der Waals surface area contributed by atoms with Crippen LogP contribution in [0.5, 0.6) is 17.2 Å². The Bertz CT molecular complexity index is 925. The third kappa shape index (κ3) is 3.68. The van der Waals surface area contributed by atoms with Crippen LogP contribution in [0.2, 0.25) is 0 Å². The van der Waals surface area contributed by atoms with Crippen LogP contribution in [0.15, 0.2) is 61.2 Å². The highest BCUT2D eigenvalue weighted by Crippen LogP contribution is 2.33. The van der Waals surface area contributed by atoms with Crippen molar-refractivity contribution < 1.29 is 18.8 Å². The van der Waals surface area contributed by atoms with Gasteiger partial charge in [0.2, 0.25) is 13.1 Å². The molecule has 0 aliphatic carbocycles. The number of nitrogens with one attached hydrogen (secondary N) is 1. The Labute approximate surface area is 164 Å². The second kappa shape index (κ2) is 7.56. The van der Waals surface area contributed by atoms with Crippen LogP contribution in [0.25, 0.3) is 5.69 Å². The Morgan fingerprint density at radius 2 is 2.00 bits per heavy atom. The summed E-state index contributed by atoms with van der Waals surface area (Å²) in [7, 11) is 0. The fourth-order valence-corrected chi connectivity index (χ4v) is 3.89. The predicted octanol–water partition coefficient (Wildman–Crippen LogP) is 3.06. The van der Waals surface area contributed by atoms with E-state index in [0.717, 1.165) is 55.4 Å². The molecule has 5 rings (SSSR count). The average molecular weight is 378 g/mol. The molecule has 0 amide bonds. The highest BCUT2D eigenvalue weighted by atomic mass is 16.7. The number of benzene rings is 2. The molecule has 0 saturated carbocycles. The van der Waals surface area contributed by atoms with Gasteiger partial charge in [0.1, 0.15) is 29.9 Å². The molecule has 2 aliphatic rings. The number of imidazole rings is 1. The van der Waals surface area contributed by atoms with Gasteiger partial charge in [-0.2, -0.15) is 0 Å². The van der Waals surface area contributed by atoms with Gasteiger partial charge in [0.05, 0.1) is 0 Å². The Morgan fingerprint density at radius 3 is 2.86 bits per heavy atom. The maximum absolute atomic E-state index is 6.27. The first kappa shape index (κ1) is 17.1. The molecule has 1 aromatic heterocycles. The van der Waals surface area contributed by atoms with Gasteiger partial charge in [0.15, 0.2) is 11.5 Å². The van der Waals surface area contributed by atoms with Crippen LogP contribution in [-0.2, 0) is 6.54 Å². The Hall–Kier alpha value is -2.99. The fraction of sp³-hybridized carbons (Fsp3) is 0.318. The van der Waals surface area contributed by atoms with Crippen LogP contribution in [0.1, 0.15) is 18.4 Å².